The zero-order valence-electron chi connectivity index (χ0n) is 15.9. The lowest BCUT2D eigenvalue weighted by Crippen LogP contribution is -2.40. The molecule has 0 bridgehead atoms. The molecule has 0 spiro atoms. The van der Waals surface area contributed by atoms with E-state index in [-0.39, 0.29) is 11.9 Å². The van der Waals surface area contributed by atoms with Gasteiger partial charge in [-0.05, 0) is 49.3 Å². The first-order valence-corrected chi connectivity index (χ1v) is 10.1. The molecular weight excluding hydrogens is 326 g/mol. The molecule has 2 saturated heterocycles. The number of hydrogen-bond acceptors (Lipinski definition) is 2. The number of benzene rings is 1. The molecule has 1 aromatic rings. The fourth-order valence-electron chi connectivity index (χ4n) is 4.11. The third-order valence-corrected chi connectivity index (χ3v) is 5.57. The van der Waals surface area contributed by atoms with Gasteiger partial charge in [-0.2, -0.15) is 0 Å². The molecule has 0 radical (unpaired) electrons. The van der Waals surface area contributed by atoms with Crippen molar-refractivity contribution in [2.75, 3.05) is 24.5 Å². The molecule has 1 aromatic carbocycles. The number of carbonyl (C=O) groups excluding carboxylic acids is 2. The van der Waals surface area contributed by atoms with Gasteiger partial charge in [-0.3, -0.25) is 4.79 Å². The predicted octanol–water partition coefficient (Wildman–Crippen LogP) is 3.93. The van der Waals surface area contributed by atoms with E-state index in [1.54, 1.807) is 0 Å². The van der Waals surface area contributed by atoms with Crippen molar-refractivity contribution in [3.05, 3.63) is 29.8 Å². The van der Waals surface area contributed by atoms with Crippen molar-refractivity contribution in [2.24, 2.45) is 5.92 Å². The molecule has 2 fully saturated rings. The minimum atomic E-state index is 0.0322. The van der Waals surface area contributed by atoms with E-state index in [4.69, 9.17) is 0 Å². The Morgan fingerprint density at radius 3 is 2.85 bits per heavy atom. The summed E-state index contributed by atoms with van der Waals surface area (Å²) in [6, 6.07) is 7.98. The Morgan fingerprint density at radius 2 is 2.08 bits per heavy atom. The molecule has 2 aliphatic rings. The second kappa shape index (κ2) is 9.06. The van der Waals surface area contributed by atoms with Crippen LogP contribution in [-0.4, -0.2) is 36.5 Å². The SMILES string of the molecule is CCCC1CCCN(C(=O)NCc2cccc(N3CCCC3=O)c2)CC1. The Morgan fingerprint density at radius 1 is 1.19 bits per heavy atom. The third-order valence-electron chi connectivity index (χ3n) is 5.57. The van der Waals surface area contributed by atoms with Gasteiger partial charge in [0, 0.05) is 38.3 Å². The monoisotopic (exact) mass is 357 g/mol. The fraction of sp³-hybridized carbons (Fsp3) is 0.619. The highest BCUT2D eigenvalue weighted by molar-refractivity contribution is 5.95. The highest BCUT2D eigenvalue weighted by Crippen LogP contribution is 2.23. The van der Waals surface area contributed by atoms with Gasteiger partial charge in [0.25, 0.3) is 0 Å². The van der Waals surface area contributed by atoms with Gasteiger partial charge in [-0.15, -0.1) is 0 Å². The number of nitrogens with zero attached hydrogens (tertiary/aromatic N) is 2. The van der Waals surface area contributed by atoms with Crippen LogP contribution >= 0.6 is 0 Å². The normalized spacial score (nSPS) is 21.0. The molecule has 2 heterocycles. The van der Waals surface area contributed by atoms with Crippen LogP contribution < -0.4 is 10.2 Å². The number of urea groups is 1. The van der Waals surface area contributed by atoms with Gasteiger partial charge < -0.3 is 15.1 Å². The smallest absolute Gasteiger partial charge is 0.317 e. The molecule has 142 valence electrons. The molecule has 1 N–H and O–H groups in total. The molecule has 0 aromatic heterocycles. The Kier molecular flexibility index (Phi) is 6.53. The van der Waals surface area contributed by atoms with Crippen molar-refractivity contribution in [2.45, 2.75) is 58.4 Å². The first-order valence-electron chi connectivity index (χ1n) is 10.1. The standard InChI is InChI=1S/C21H31N3O2/c1-2-6-17-8-4-12-23(14-11-17)21(26)22-16-18-7-3-9-19(15-18)24-13-5-10-20(24)25/h3,7,9,15,17H,2,4-6,8,10-14,16H2,1H3,(H,22,26). The molecule has 2 aliphatic heterocycles. The molecule has 5 nitrogen and oxygen atoms in total. The zero-order valence-corrected chi connectivity index (χ0v) is 15.9. The minimum absolute atomic E-state index is 0.0322. The minimum Gasteiger partial charge on any atom is -0.334 e. The van der Waals surface area contributed by atoms with E-state index in [0.29, 0.717) is 13.0 Å². The number of rotatable bonds is 5. The quantitative estimate of drug-likeness (QED) is 0.868. The third kappa shape index (κ3) is 4.77. The molecule has 26 heavy (non-hydrogen) atoms. The van der Waals surface area contributed by atoms with Crippen LogP contribution in [0.4, 0.5) is 10.5 Å². The van der Waals surface area contributed by atoms with Gasteiger partial charge in [0.2, 0.25) is 5.91 Å². The van der Waals surface area contributed by atoms with Gasteiger partial charge in [-0.25, -0.2) is 4.79 Å². The van der Waals surface area contributed by atoms with E-state index in [1.165, 1.54) is 19.3 Å². The summed E-state index contributed by atoms with van der Waals surface area (Å²) in [6.45, 7) is 5.25. The highest BCUT2D eigenvalue weighted by atomic mass is 16.2. The van der Waals surface area contributed by atoms with Crippen LogP contribution in [0.2, 0.25) is 0 Å². The Bertz CT molecular complexity index is 631. The second-order valence-corrected chi connectivity index (χ2v) is 7.55. The summed E-state index contributed by atoms with van der Waals surface area (Å²) in [4.78, 5) is 28.2. The lowest BCUT2D eigenvalue weighted by molar-refractivity contribution is -0.117. The van der Waals surface area contributed by atoms with E-state index in [9.17, 15) is 9.59 Å². The van der Waals surface area contributed by atoms with Crippen molar-refractivity contribution < 1.29 is 9.59 Å². The van der Waals surface area contributed by atoms with Crippen molar-refractivity contribution >= 4 is 17.6 Å². The maximum atomic E-state index is 12.5. The Hall–Kier alpha value is -2.04. The second-order valence-electron chi connectivity index (χ2n) is 7.55. The van der Waals surface area contributed by atoms with Gasteiger partial charge >= 0.3 is 6.03 Å². The summed E-state index contributed by atoms with van der Waals surface area (Å²) in [5, 5.41) is 3.06. The number of anilines is 1. The lowest BCUT2D eigenvalue weighted by Gasteiger charge is -2.21. The van der Waals surface area contributed by atoms with Crippen LogP contribution in [0.25, 0.3) is 0 Å². The first kappa shape index (κ1) is 18.7. The van der Waals surface area contributed by atoms with Crippen LogP contribution in [0, 0.1) is 5.92 Å². The van der Waals surface area contributed by atoms with Crippen LogP contribution in [0.3, 0.4) is 0 Å². The predicted molar refractivity (Wildman–Crippen MR) is 104 cm³/mol. The molecule has 1 unspecified atom stereocenters. The maximum Gasteiger partial charge on any atom is 0.317 e. The van der Waals surface area contributed by atoms with E-state index >= 15 is 0 Å². The summed E-state index contributed by atoms with van der Waals surface area (Å²) < 4.78 is 0. The summed E-state index contributed by atoms with van der Waals surface area (Å²) in [6.07, 6.45) is 7.52. The number of amides is 3. The lowest BCUT2D eigenvalue weighted by atomic mass is 9.96. The largest absolute Gasteiger partial charge is 0.334 e. The average Bonchev–Trinajstić information content (AvgIpc) is 2.94. The topological polar surface area (TPSA) is 52.7 Å². The molecular formula is C21H31N3O2. The maximum absolute atomic E-state index is 12.5. The number of nitrogens with one attached hydrogen (secondary N) is 1. The molecule has 0 aliphatic carbocycles. The fourth-order valence-corrected chi connectivity index (χ4v) is 4.11. The first-order chi connectivity index (χ1) is 12.7. The Labute approximate surface area is 156 Å². The Balaban J connectivity index is 1.52. The van der Waals surface area contributed by atoms with Crippen LogP contribution in [0.5, 0.6) is 0 Å². The molecule has 3 amide bonds. The van der Waals surface area contributed by atoms with Gasteiger partial charge in [0.05, 0.1) is 0 Å². The summed E-state index contributed by atoms with van der Waals surface area (Å²) in [7, 11) is 0. The summed E-state index contributed by atoms with van der Waals surface area (Å²) in [5.41, 5.74) is 1.98. The highest BCUT2D eigenvalue weighted by Gasteiger charge is 2.22. The number of likely N-dealkylation sites (tertiary alicyclic amines) is 1. The molecule has 5 heteroatoms. The van der Waals surface area contributed by atoms with Gasteiger partial charge in [-0.1, -0.05) is 31.9 Å². The van der Waals surface area contributed by atoms with E-state index in [0.717, 1.165) is 56.1 Å². The van der Waals surface area contributed by atoms with Gasteiger partial charge in [0.1, 0.15) is 0 Å². The molecule has 0 saturated carbocycles. The van der Waals surface area contributed by atoms with Crippen LogP contribution in [-0.2, 0) is 11.3 Å². The van der Waals surface area contributed by atoms with Crippen LogP contribution in [0.15, 0.2) is 24.3 Å². The van der Waals surface area contributed by atoms with Crippen LogP contribution in [0.1, 0.15) is 57.4 Å². The van der Waals surface area contributed by atoms with Crippen molar-refractivity contribution in [3.8, 4) is 0 Å². The molecule has 1 atom stereocenters. The summed E-state index contributed by atoms with van der Waals surface area (Å²) >= 11 is 0. The van der Waals surface area contributed by atoms with Crippen molar-refractivity contribution in [1.82, 2.24) is 10.2 Å². The van der Waals surface area contributed by atoms with Crippen molar-refractivity contribution in [1.29, 1.82) is 0 Å². The number of hydrogen-bond donors (Lipinski definition) is 1. The van der Waals surface area contributed by atoms with Gasteiger partial charge in [0.15, 0.2) is 0 Å². The van der Waals surface area contributed by atoms with E-state index in [1.807, 2.05) is 34.1 Å². The summed E-state index contributed by atoms with van der Waals surface area (Å²) in [5.74, 6) is 0.963. The van der Waals surface area contributed by atoms with E-state index in [2.05, 4.69) is 12.2 Å². The van der Waals surface area contributed by atoms with E-state index < -0.39 is 0 Å². The van der Waals surface area contributed by atoms with Crippen molar-refractivity contribution in [3.63, 3.8) is 0 Å². The number of carbonyl (C=O) groups is 2. The molecule has 3 rings (SSSR count). The average molecular weight is 357 g/mol. The zero-order chi connectivity index (χ0) is 18.4.